The van der Waals surface area contributed by atoms with E-state index in [9.17, 15) is 9.59 Å². The second-order valence-corrected chi connectivity index (χ2v) is 7.01. The summed E-state index contributed by atoms with van der Waals surface area (Å²) in [7, 11) is 5.48. The van der Waals surface area contributed by atoms with Gasteiger partial charge in [-0.25, -0.2) is 0 Å². The van der Waals surface area contributed by atoms with Gasteiger partial charge in [0.05, 0.1) is 7.11 Å². The summed E-state index contributed by atoms with van der Waals surface area (Å²) in [5.74, 6) is -0.0190. The molecule has 2 aromatic carbocycles. The lowest BCUT2D eigenvalue weighted by Gasteiger charge is -2.23. The van der Waals surface area contributed by atoms with Crippen LogP contribution in [0.15, 0.2) is 48.5 Å². The lowest BCUT2D eigenvalue weighted by Crippen LogP contribution is -2.44. The molecule has 2 amide bonds. The zero-order valence-electron chi connectivity index (χ0n) is 16.5. The Morgan fingerprint density at radius 2 is 1.63 bits per heavy atom. The van der Waals surface area contributed by atoms with Gasteiger partial charge in [-0.1, -0.05) is 18.2 Å². The van der Waals surface area contributed by atoms with Crippen LogP contribution in [0.25, 0.3) is 0 Å². The molecule has 0 radical (unpaired) electrons. The number of rotatable bonds is 7. The normalized spacial score (nSPS) is 10.9. The van der Waals surface area contributed by atoms with Crippen LogP contribution in [0.5, 0.6) is 5.75 Å². The Kier molecular flexibility index (Phi) is 6.45. The fourth-order valence-corrected chi connectivity index (χ4v) is 2.48. The van der Waals surface area contributed by atoms with Crippen LogP contribution in [-0.2, 0) is 16.1 Å². The Morgan fingerprint density at radius 3 is 2.22 bits per heavy atom. The molecule has 0 unspecified atom stereocenters. The summed E-state index contributed by atoms with van der Waals surface area (Å²) in [6.45, 7) is 3.50. The average Bonchev–Trinajstić information content (AvgIpc) is 2.66. The maximum Gasteiger partial charge on any atom is 0.239 e. The van der Waals surface area contributed by atoms with Crippen molar-refractivity contribution >= 4 is 23.2 Å². The number of hydrogen-bond donors (Lipinski definition) is 2. The highest BCUT2D eigenvalue weighted by molar-refractivity contribution is 6.09. The van der Waals surface area contributed by atoms with E-state index in [1.54, 1.807) is 21.0 Å². The van der Waals surface area contributed by atoms with E-state index in [0.717, 1.165) is 11.3 Å². The van der Waals surface area contributed by atoms with Crippen LogP contribution in [0, 0.1) is 5.41 Å². The van der Waals surface area contributed by atoms with E-state index >= 15 is 0 Å². The number of nitrogens with zero attached hydrogens (tertiary/aromatic N) is 1. The Hall–Kier alpha value is -3.02. The number of anilines is 2. The number of nitrogens with one attached hydrogen (secondary N) is 2. The number of ether oxygens (including phenoxy) is 1. The van der Waals surface area contributed by atoms with Crippen LogP contribution < -0.4 is 20.3 Å². The minimum atomic E-state index is -1.22. The maximum atomic E-state index is 12.6. The molecule has 27 heavy (non-hydrogen) atoms. The zero-order valence-corrected chi connectivity index (χ0v) is 16.5. The molecule has 0 aliphatic rings. The van der Waals surface area contributed by atoms with Crippen LogP contribution in [-0.4, -0.2) is 33.0 Å². The number of benzene rings is 2. The highest BCUT2D eigenvalue weighted by Crippen LogP contribution is 2.22. The molecule has 0 saturated heterocycles. The molecule has 0 saturated carbocycles. The van der Waals surface area contributed by atoms with Gasteiger partial charge >= 0.3 is 0 Å². The van der Waals surface area contributed by atoms with Crippen LogP contribution in [0.1, 0.15) is 19.4 Å². The van der Waals surface area contributed by atoms with E-state index in [1.165, 1.54) is 0 Å². The van der Waals surface area contributed by atoms with Gasteiger partial charge in [0.25, 0.3) is 0 Å². The van der Waals surface area contributed by atoms with Crippen LogP contribution in [0.3, 0.4) is 0 Å². The Balaban J connectivity index is 2.00. The predicted octanol–water partition coefficient (Wildman–Crippen LogP) is 3.04. The first-order valence-corrected chi connectivity index (χ1v) is 8.74. The molecular formula is C21H27N3O3. The minimum Gasteiger partial charge on any atom is -0.496 e. The number of hydrogen-bond acceptors (Lipinski definition) is 4. The van der Waals surface area contributed by atoms with Gasteiger partial charge in [-0.05, 0) is 44.2 Å². The van der Waals surface area contributed by atoms with Gasteiger partial charge in [-0.3, -0.25) is 9.59 Å². The third kappa shape index (κ3) is 5.00. The van der Waals surface area contributed by atoms with Gasteiger partial charge in [0.2, 0.25) is 11.8 Å². The van der Waals surface area contributed by atoms with Gasteiger partial charge in [-0.15, -0.1) is 0 Å². The van der Waals surface area contributed by atoms with Crippen molar-refractivity contribution in [2.75, 3.05) is 31.4 Å². The van der Waals surface area contributed by atoms with E-state index in [-0.39, 0.29) is 18.4 Å². The molecule has 6 nitrogen and oxygen atoms in total. The number of methoxy groups -OCH3 is 1. The first kappa shape index (κ1) is 20.3. The summed E-state index contributed by atoms with van der Waals surface area (Å²) in [6.07, 6.45) is 0. The first-order chi connectivity index (χ1) is 12.8. The van der Waals surface area contributed by atoms with Crippen molar-refractivity contribution in [1.29, 1.82) is 0 Å². The summed E-state index contributed by atoms with van der Waals surface area (Å²) in [6, 6.07) is 14.9. The molecule has 0 fully saturated rings. The van der Waals surface area contributed by atoms with E-state index in [4.69, 9.17) is 4.74 Å². The monoisotopic (exact) mass is 369 g/mol. The fourth-order valence-electron chi connectivity index (χ4n) is 2.48. The molecule has 0 atom stereocenters. The summed E-state index contributed by atoms with van der Waals surface area (Å²) in [5.41, 5.74) is 1.31. The number of amides is 2. The maximum absolute atomic E-state index is 12.6. The van der Waals surface area contributed by atoms with Gasteiger partial charge < -0.3 is 20.3 Å². The third-order valence-electron chi connectivity index (χ3n) is 4.41. The van der Waals surface area contributed by atoms with Crippen molar-refractivity contribution in [1.82, 2.24) is 5.32 Å². The van der Waals surface area contributed by atoms with Crippen molar-refractivity contribution in [2.24, 2.45) is 5.41 Å². The van der Waals surface area contributed by atoms with Gasteiger partial charge in [0.15, 0.2) is 0 Å². The van der Waals surface area contributed by atoms with Crippen LogP contribution in [0.2, 0.25) is 0 Å². The fraction of sp³-hybridized carbons (Fsp3) is 0.333. The molecule has 144 valence electrons. The van der Waals surface area contributed by atoms with E-state index in [2.05, 4.69) is 10.6 Å². The molecule has 0 heterocycles. The topological polar surface area (TPSA) is 70.7 Å². The zero-order chi connectivity index (χ0) is 20.0. The number of para-hydroxylation sites is 1. The highest BCUT2D eigenvalue weighted by atomic mass is 16.5. The molecule has 6 heteroatoms. The van der Waals surface area contributed by atoms with Crippen molar-refractivity contribution in [2.45, 2.75) is 20.4 Å². The van der Waals surface area contributed by atoms with E-state index < -0.39 is 5.41 Å². The second kappa shape index (κ2) is 8.58. The van der Waals surface area contributed by atoms with E-state index in [0.29, 0.717) is 11.4 Å². The highest BCUT2D eigenvalue weighted by Gasteiger charge is 2.36. The standard InChI is InChI=1S/C21H27N3O3/c1-21(2,19(25)22-14-15-8-6-7-9-18(15)27-5)20(26)23-16-10-12-17(13-11-16)24(3)4/h6-13H,14H2,1-5H3,(H,22,25)(H,23,26). The minimum absolute atomic E-state index is 0.289. The van der Waals surface area contributed by atoms with Crippen LogP contribution in [0.4, 0.5) is 11.4 Å². The van der Waals surface area contributed by atoms with Crippen molar-refractivity contribution < 1.29 is 14.3 Å². The largest absolute Gasteiger partial charge is 0.496 e. The molecule has 0 bridgehead atoms. The van der Waals surface area contributed by atoms with Crippen molar-refractivity contribution in [3.63, 3.8) is 0 Å². The molecule has 0 aliphatic carbocycles. The molecule has 0 aliphatic heterocycles. The summed E-state index contributed by atoms with van der Waals surface area (Å²) < 4.78 is 5.28. The molecular weight excluding hydrogens is 342 g/mol. The molecule has 2 N–H and O–H groups in total. The Morgan fingerprint density at radius 1 is 1.00 bits per heavy atom. The van der Waals surface area contributed by atoms with Gasteiger partial charge in [0, 0.05) is 37.6 Å². The summed E-state index contributed by atoms with van der Waals surface area (Å²) in [4.78, 5) is 27.2. The molecule has 2 rings (SSSR count). The van der Waals surface area contributed by atoms with E-state index in [1.807, 2.05) is 67.5 Å². The molecule has 0 aromatic heterocycles. The lowest BCUT2D eigenvalue weighted by molar-refractivity contribution is -0.138. The SMILES string of the molecule is COc1ccccc1CNC(=O)C(C)(C)C(=O)Nc1ccc(N(C)C)cc1. The summed E-state index contributed by atoms with van der Waals surface area (Å²) in [5, 5.41) is 5.63. The second-order valence-electron chi connectivity index (χ2n) is 7.01. The first-order valence-electron chi connectivity index (χ1n) is 8.74. The van der Waals surface area contributed by atoms with Crippen molar-refractivity contribution in [3.05, 3.63) is 54.1 Å². The van der Waals surface area contributed by atoms with Gasteiger partial charge in [0.1, 0.15) is 11.2 Å². The Labute approximate surface area is 160 Å². The summed E-state index contributed by atoms with van der Waals surface area (Å²) >= 11 is 0. The molecule has 2 aromatic rings. The smallest absolute Gasteiger partial charge is 0.239 e. The average molecular weight is 369 g/mol. The predicted molar refractivity (Wildman–Crippen MR) is 108 cm³/mol. The van der Waals surface area contributed by atoms with Crippen molar-refractivity contribution in [3.8, 4) is 5.75 Å². The molecule has 0 spiro atoms. The van der Waals surface area contributed by atoms with Crippen LogP contribution >= 0.6 is 0 Å². The number of carbonyl (C=O) groups is 2. The third-order valence-corrected chi connectivity index (χ3v) is 4.41. The Bertz CT molecular complexity index is 799. The number of carbonyl (C=O) groups excluding carboxylic acids is 2. The quantitative estimate of drug-likeness (QED) is 0.736. The van der Waals surface area contributed by atoms with Gasteiger partial charge in [-0.2, -0.15) is 0 Å². The lowest BCUT2D eigenvalue weighted by atomic mass is 9.90.